The summed E-state index contributed by atoms with van der Waals surface area (Å²) in [6.07, 6.45) is 2.11. The molecule has 2 N–H and O–H groups in total. The van der Waals surface area contributed by atoms with Crippen molar-refractivity contribution in [3.8, 4) is 22.5 Å². The Morgan fingerprint density at radius 3 is 2.41 bits per heavy atom. The third-order valence-electron chi connectivity index (χ3n) is 6.07. The van der Waals surface area contributed by atoms with Crippen molar-refractivity contribution in [2.45, 2.75) is 25.7 Å². The third-order valence-corrected chi connectivity index (χ3v) is 7.02. The summed E-state index contributed by atoms with van der Waals surface area (Å²) in [7, 11) is 0. The molecular weight excluding hydrogens is 567 g/mol. The van der Waals surface area contributed by atoms with E-state index in [2.05, 4.69) is 5.32 Å². The summed E-state index contributed by atoms with van der Waals surface area (Å²) in [6, 6.07) is 17.3. The molecule has 3 aromatic carbocycles. The van der Waals surface area contributed by atoms with Crippen molar-refractivity contribution >= 4 is 35.2 Å². The van der Waals surface area contributed by atoms with Gasteiger partial charge in [-0.05, 0) is 96.3 Å². The fourth-order valence-corrected chi connectivity index (χ4v) is 4.77. The van der Waals surface area contributed by atoms with Gasteiger partial charge in [0.25, 0.3) is 5.91 Å². The van der Waals surface area contributed by atoms with E-state index in [1.54, 1.807) is 42.5 Å². The van der Waals surface area contributed by atoms with Gasteiger partial charge in [-0.1, -0.05) is 17.7 Å². The van der Waals surface area contributed by atoms with Gasteiger partial charge in [-0.3, -0.25) is 4.79 Å². The van der Waals surface area contributed by atoms with Crippen LogP contribution < -0.4 is 24.2 Å². The fourth-order valence-electron chi connectivity index (χ4n) is 4.03. The van der Waals surface area contributed by atoms with Crippen LogP contribution in [0.5, 0.6) is 0 Å². The van der Waals surface area contributed by atoms with Gasteiger partial charge in [0.05, 0.1) is 11.6 Å². The monoisotopic (exact) mass is 593 g/mol. The number of benzene rings is 3. The molecule has 0 spiro atoms. The van der Waals surface area contributed by atoms with Crippen molar-refractivity contribution < 1.29 is 52.9 Å². The molecule has 0 saturated heterocycles. The molecule has 6 nitrogen and oxygen atoms in total. The average Bonchev–Trinajstić information content (AvgIpc) is 3.40. The molecule has 4 rings (SSSR count). The molecule has 41 heavy (non-hydrogen) atoms. The van der Waals surface area contributed by atoms with E-state index >= 15 is 0 Å². The molecule has 210 valence electrons. The van der Waals surface area contributed by atoms with Crippen molar-refractivity contribution in [2.24, 2.45) is 0 Å². The number of amides is 1. The second-order valence-corrected chi connectivity index (χ2v) is 10.3. The Hall–Kier alpha value is -3.06. The van der Waals surface area contributed by atoms with Crippen LogP contribution in [0.4, 0.5) is 8.78 Å². The van der Waals surface area contributed by atoms with Crippen LogP contribution in [0.1, 0.15) is 29.5 Å². The Labute approximate surface area is 259 Å². The molecule has 0 aliphatic heterocycles. The van der Waals surface area contributed by atoms with Crippen molar-refractivity contribution in [2.75, 3.05) is 12.0 Å². The van der Waals surface area contributed by atoms with Crippen LogP contribution in [-0.2, 0) is 22.7 Å². The number of hydrogen-bond acceptors (Lipinski definition) is 5. The Balaban J connectivity index is 0.00000308. The molecule has 0 aliphatic rings. The van der Waals surface area contributed by atoms with E-state index in [0.717, 1.165) is 11.6 Å². The Morgan fingerprint density at radius 2 is 1.73 bits per heavy atom. The number of hydrogen-bond donors (Lipinski definition) is 2. The van der Waals surface area contributed by atoms with Crippen LogP contribution in [0.25, 0.3) is 22.5 Å². The number of nitrogens with one attached hydrogen (secondary N) is 1. The Morgan fingerprint density at radius 1 is 1.00 bits per heavy atom. The molecule has 0 bridgehead atoms. The van der Waals surface area contributed by atoms with Gasteiger partial charge in [0.1, 0.15) is 35.8 Å². The van der Waals surface area contributed by atoms with Crippen molar-refractivity contribution in [1.82, 2.24) is 5.32 Å². The second kappa shape index (κ2) is 15.2. The Bertz CT molecular complexity index is 1510. The molecule has 0 saturated carbocycles. The van der Waals surface area contributed by atoms with Crippen molar-refractivity contribution in [3.05, 3.63) is 106 Å². The maximum atomic E-state index is 13.8. The standard InChI is InChI=1S/C30H26ClF2NO5S.Li.H/c1-40-13-12-27(30(36)37)34-29(35)24-9-2-18(14-25(24)23-10-7-21(33)15-26(23)31)16-38-17-22-8-11-28(39-22)19-3-5-20(32)6-4-19;;/h2-11,14-15,27H,12-13,16-17H2,1H3,(H,34,35)(H,36,37);;/q;+1;-1/t27-;;/m0../s1. The normalized spacial score (nSPS) is 11.5. The number of halogens is 3. The molecule has 1 aromatic heterocycles. The first-order valence-corrected chi connectivity index (χ1v) is 14.1. The smallest absolute Gasteiger partial charge is 1.00 e. The maximum Gasteiger partial charge on any atom is 1.00 e. The zero-order valence-corrected chi connectivity index (χ0v) is 24.0. The van der Waals surface area contributed by atoms with Gasteiger partial charge >= 0.3 is 24.8 Å². The molecular formula is C30H27ClF2LiNO5S. The van der Waals surface area contributed by atoms with Crippen LogP contribution >= 0.6 is 23.4 Å². The van der Waals surface area contributed by atoms with Gasteiger partial charge in [0, 0.05) is 16.7 Å². The molecule has 4 aromatic rings. The third kappa shape index (κ3) is 8.71. The zero-order chi connectivity index (χ0) is 28.6. The number of rotatable bonds is 12. The molecule has 0 unspecified atom stereocenters. The summed E-state index contributed by atoms with van der Waals surface area (Å²) < 4.78 is 38.6. The average molecular weight is 594 g/mol. The molecule has 1 heterocycles. The topological polar surface area (TPSA) is 88.8 Å². The summed E-state index contributed by atoms with van der Waals surface area (Å²) in [5.41, 5.74) is 2.47. The summed E-state index contributed by atoms with van der Waals surface area (Å²) in [5.74, 6) is -0.858. The first-order chi connectivity index (χ1) is 19.2. The number of carbonyl (C=O) groups excluding carboxylic acids is 1. The second-order valence-electron chi connectivity index (χ2n) is 8.92. The number of thioether (sulfide) groups is 1. The predicted octanol–water partition coefficient (Wildman–Crippen LogP) is 4.31. The van der Waals surface area contributed by atoms with Crippen LogP contribution in [0.2, 0.25) is 5.02 Å². The van der Waals surface area contributed by atoms with Gasteiger partial charge in [0.2, 0.25) is 0 Å². The summed E-state index contributed by atoms with van der Waals surface area (Å²) in [5, 5.41) is 12.2. The zero-order valence-electron chi connectivity index (χ0n) is 23.5. The van der Waals surface area contributed by atoms with Gasteiger partial charge in [-0.2, -0.15) is 11.8 Å². The van der Waals surface area contributed by atoms with E-state index in [4.69, 9.17) is 20.8 Å². The number of carboxylic acids is 1. The van der Waals surface area contributed by atoms with Crippen molar-refractivity contribution in [1.29, 1.82) is 0 Å². The van der Waals surface area contributed by atoms with Crippen LogP contribution in [0, 0.1) is 11.6 Å². The number of ether oxygens (including phenoxy) is 1. The first kappa shape index (κ1) is 32.5. The van der Waals surface area contributed by atoms with E-state index in [1.807, 2.05) is 6.26 Å². The van der Waals surface area contributed by atoms with Crippen molar-refractivity contribution in [3.63, 3.8) is 0 Å². The molecule has 11 heteroatoms. The number of furan rings is 1. The maximum absolute atomic E-state index is 13.8. The van der Waals surface area contributed by atoms with E-state index in [9.17, 15) is 23.5 Å². The van der Waals surface area contributed by atoms with E-state index in [-0.39, 0.29) is 56.3 Å². The summed E-state index contributed by atoms with van der Waals surface area (Å²) >= 11 is 7.81. The van der Waals surface area contributed by atoms with Gasteiger partial charge in [-0.15, -0.1) is 0 Å². The van der Waals surface area contributed by atoms with E-state index in [0.29, 0.717) is 34.0 Å². The number of aliphatic carboxylic acids is 1. The molecule has 0 radical (unpaired) electrons. The molecule has 0 aliphatic carbocycles. The minimum absolute atomic E-state index is 0. The minimum Gasteiger partial charge on any atom is -1.00 e. The van der Waals surface area contributed by atoms with Crippen LogP contribution in [0.3, 0.4) is 0 Å². The Kier molecular flexibility index (Phi) is 12.1. The van der Waals surface area contributed by atoms with Crippen LogP contribution in [-0.4, -0.2) is 35.0 Å². The fraction of sp³-hybridized carbons (Fsp3) is 0.200. The first-order valence-electron chi connectivity index (χ1n) is 12.3. The van der Waals surface area contributed by atoms with Gasteiger partial charge in [-0.25, -0.2) is 13.6 Å². The number of carbonyl (C=O) groups is 2. The molecule has 0 fully saturated rings. The number of carboxylic acid groups (broad SMARTS) is 1. The predicted molar refractivity (Wildman–Crippen MR) is 152 cm³/mol. The SMILES string of the molecule is CSCC[C@H](NC(=O)c1ccc(COCc2ccc(-c3ccc(F)cc3)o2)cc1-c1ccc(F)cc1Cl)C(=O)O.[H-].[Li+]. The van der Waals surface area contributed by atoms with E-state index < -0.39 is 23.7 Å². The van der Waals surface area contributed by atoms with Crippen LogP contribution in [0.15, 0.2) is 77.2 Å². The van der Waals surface area contributed by atoms with Gasteiger partial charge in [0.15, 0.2) is 0 Å². The molecule has 1 atom stereocenters. The minimum atomic E-state index is -1.13. The quantitative estimate of drug-likeness (QED) is 0.238. The summed E-state index contributed by atoms with van der Waals surface area (Å²) in [6.45, 7) is 0.317. The summed E-state index contributed by atoms with van der Waals surface area (Å²) in [4.78, 5) is 24.9. The molecule has 1 amide bonds. The van der Waals surface area contributed by atoms with Gasteiger partial charge < -0.3 is 21.0 Å². The van der Waals surface area contributed by atoms with E-state index in [1.165, 1.54) is 36.0 Å². The largest absolute Gasteiger partial charge is 1.00 e.